The molecule has 3 N–H and O–H groups in total. The Balaban J connectivity index is 3.14. The van der Waals surface area contributed by atoms with Crippen LogP contribution >= 0.6 is 0 Å². The summed E-state index contributed by atoms with van der Waals surface area (Å²) in [6.07, 6.45) is 0.495. The molecule has 1 rings (SSSR count). The maximum absolute atomic E-state index is 13.3. The summed E-state index contributed by atoms with van der Waals surface area (Å²) in [4.78, 5) is 14.2. The van der Waals surface area contributed by atoms with E-state index in [0.717, 1.165) is 0 Å². The van der Waals surface area contributed by atoms with Crippen molar-refractivity contribution in [3.05, 3.63) is 35.1 Å². The number of hydrogen-bond acceptors (Lipinski definition) is 3. The lowest BCUT2D eigenvalue weighted by molar-refractivity contribution is 0.0693. The molecule has 0 fully saturated rings. The largest absolute Gasteiger partial charge is 0.396 e. The quantitative estimate of drug-likeness (QED) is 0.806. The van der Waals surface area contributed by atoms with Crippen LogP contribution in [-0.4, -0.2) is 41.7 Å². The van der Waals surface area contributed by atoms with Crippen molar-refractivity contribution < 1.29 is 14.3 Å². The van der Waals surface area contributed by atoms with Gasteiger partial charge in [-0.15, -0.1) is 0 Å². The summed E-state index contributed by atoms with van der Waals surface area (Å²) in [5.41, 5.74) is 6.01. The van der Waals surface area contributed by atoms with Crippen LogP contribution in [0.5, 0.6) is 0 Å². The number of aliphatic hydroxyl groups is 1. The van der Waals surface area contributed by atoms with Crippen LogP contribution in [0, 0.1) is 17.7 Å². The Morgan fingerprint density at radius 2 is 2.19 bits per heavy atom. The highest BCUT2D eigenvalue weighted by Gasteiger charge is 2.20. The normalized spacial score (nSPS) is 10.2. The fraction of sp³-hybridized carbons (Fsp3) is 0.438. The van der Waals surface area contributed by atoms with Gasteiger partial charge in [0.25, 0.3) is 5.91 Å². The van der Waals surface area contributed by atoms with E-state index >= 15 is 0 Å². The molecule has 0 spiro atoms. The van der Waals surface area contributed by atoms with E-state index < -0.39 is 5.82 Å². The Morgan fingerprint density at radius 1 is 1.48 bits per heavy atom. The van der Waals surface area contributed by atoms with E-state index in [2.05, 4.69) is 11.8 Å². The van der Waals surface area contributed by atoms with Crippen molar-refractivity contribution >= 4 is 5.91 Å². The van der Waals surface area contributed by atoms with Crippen LogP contribution in [0.15, 0.2) is 18.2 Å². The summed E-state index contributed by atoms with van der Waals surface area (Å²) in [6.45, 7) is 4.38. The molecule has 0 aromatic heterocycles. The van der Waals surface area contributed by atoms with Gasteiger partial charge in [-0.2, -0.15) is 0 Å². The first-order valence-corrected chi connectivity index (χ1v) is 6.91. The van der Waals surface area contributed by atoms with Crippen molar-refractivity contribution in [3.63, 3.8) is 0 Å². The number of nitrogens with zero attached hydrogens (tertiary/aromatic N) is 1. The molecule has 0 heterocycles. The predicted molar refractivity (Wildman–Crippen MR) is 80.2 cm³/mol. The first kappa shape index (κ1) is 17.2. The highest BCUT2D eigenvalue weighted by Crippen LogP contribution is 2.15. The third-order valence-corrected chi connectivity index (χ3v) is 2.98. The summed E-state index contributed by atoms with van der Waals surface area (Å²) in [5, 5.41) is 8.93. The van der Waals surface area contributed by atoms with Crippen LogP contribution in [0.4, 0.5) is 4.39 Å². The smallest absolute Gasteiger partial charge is 0.255 e. The molecule has 4 nitrogen and oxygen atoms in total. The Labute approximate surface area is 124 Å². The lowest BCUT2D eigenvalue weighted by atomic mass is 10.1. The van der Waals surface area contributed by atoms with E-state index in [9.17, 15) is 9.18 Å². The van der Waals surface area contributed by atoms with E-state index in [4.69, 9.17) is 10.8 Å². The highest BCUT2D eigenvalue weighted by molar-refractivity contribution is 5.97. The van der Waals surface area contributed by atoms with Gasteiger partial charge in [-0.05, 0) is 38.5 Å². The lowest BCUT2D eigenvalue weighted by Gasteiger charge is -2.27. The minimum absolute atomic E-state index is 0.0136. The monoisotopic (exact) mass is 292 g/mol. The summed E-state index contributed by atoms with van der Waals surface area (Å²) in [6, 6.07) is 3.89. The number of nitrogens with two attached hydrogens (primary N) is 1. The summed E-state index contributed by atoms with van der Waals surface area (Å²) in [5.74, 6) is 4.70. The van der Waals surface area contributed by atoms with Crippen molar-refractivity contribution in [2.45, 2.75) is 26.3 Å². The zero-order chi connectivity index (χ0) is 15.8. The van der Waals surface area contributed by atoms with Gasteiger partial charge < -0.3 is 15.7 Å². The Hall–Kier alpha value is -1.90. The van der Waals surface area contributed by atoms with Crippen molar-refractivity contribution in [3.8, 4) is 11.8 Å². The van der Waals surface area contributed by atoms with Gasteiger partial charge >= 0.3 is 0 Å². The van der Waals surface area contributed by atoms with Crippen molar-refractivity contribution in [2.24, 2.45) is 5.73 Å². The molecule has 0 bridgehead atoms. The molecular formula is C16H21FN2O2. The Bertz CT molecular complexity index is 547. The SMILES string of the molecule is CC(C)N(CCCO)C(=O)c1ccc(F)cc1C#CCN. The van der Waals surface area contributed by atoms with Gasteiger partial charge in [0, 0.05) is 24.8 Å². The second kappa shape index (κ2) is 8.40. The zero-order valence-electron chi connectivity index (χ0n) is 12.4. The molecule has 0 atom stereocenters. The van der Waals surface area contributed by atoms with Gasteiger partial charge in [-0.25, -0.2) is 4.39 Å². The zero-order valence-corrected chi connectivity index (χ0v) is 12.4. The summed E-state index contributed by atoms with van der Waals surface area (Å²) < 4.78 is 13.3. The maximum Gasteiger partial charge on any atom is 0.255 e. The second-order valence-corrected chi connectivity index (χ2v) is 4.87. The fourth-order valence-electron chi connectivity index (χ4n) is 1.94. The first-order chi connectivity index (χ1) is 10.0. The van der Waals surface area contributed by atoms with Crippen molar-refractivity contribution in [1.82, 2.24) is 4.90 Å². The van der Waals surface area contributed by atoms with Crippen LogP contribution in [-0.2, 0) is 0 Å². The third kappa shape index (κ3) is 4.85. The topological polar surface area (TPSA) is 66.6 Å². The summed E-state index contributed by atoms with van der Waals surface area (Å²) >= 11 is 0. The molecular weight excluding hydrogens is 271 g/mol. The maximum atomic E-state index is 13.3. The van der Waals surface area contributed by atoms with Crippen LogP contribution in [0.25, 0.3) is 0 Å². The second-order valence-electron chi connectivity index (χ2n) is 4.87. The van der Waals surface area contributed by atoms with Crippen LogP contribution in [0.2, 0.25) is 0 Å². The number of halogens is 1. The molecule has 0 aliphatic carbocycles. The lowest BCUT2D eigenvalue weighted by Crippen LogP contribution is -2.38. The number of aliphatic hydroxyl groups excluding tert-OH is 1. The number of rotatable bonds is 5. The first-order valence-electron chi connectivity index (χ1n) is 6.91. The van der Waals surface area contributed by atoms with E-state index in [0.29, 0.717) is 24.1 Å². The minimum Gasteiger partial charge on any atom is -0.396 e. The molecule has 114 valence electrons. The average Bonchev–Trinajstić information content (AvgIpc) is 2.45. The molecule has 21 heavy (non-hydrogen) atoms. The van der Waals surface area contributed by atoms with Crippen LogP contribution in [0.3, 0.4) is 0 Å². The van der Waals surface area contributed by atoms with Gasteiger partial charge in [-0.1, -0.05) is 11.8 Å². The van der Waals surface area contributed by atoms with Gasteiger partial charge in [0.2, 0.25) is 0 Å². The van der Waals surface area contributed by atoms with Gasteiger partial charge in [0.1, 0.15) is 5.82 Å². The van der Waals surface area contributed by atoms with Crippen molar-refractivity contribution in [2.75, 3.05) is 19.7 Å². The molecule has 0 aliphatic heterocycles. The number of carbonyl (C=O) groups is 1. The standard InChI is InChI=1S/C16H21FN2O2/c1-12(2)19(9-4-10-20)16(21)15-7-6-14(17)11-13(15)5-3-8-18/h6-7,11-12,20H,4,8-10,18H2,1-2H3. The van der Waals surface area contributed by atoms with Gasteiger partial charge in [0.15, 0.2) is 0 Å². The Morgan fingerprint density at radius 3 is 2.76 bits per heavy atom. The molecule has 0 saturated heterocycles. The predicted octanol–water partition coefficient (Wildman–Crippen LogP) is 1.37. The molecule has 0 radical (unpaired) electrons. The van der Waals surface area contributed by atoms with E-state index in [1.807, 2.05) is 13.8 Å². The molecule has 0 unspecified atom stereocenters. The number of benzene rings is 1. The fourth-order valence-corrected chi connectivity index (χ4v) is 1.94. The molecule has 1 aromatic carbocycles. The van der Waals surface area contributed by atoms with E-state index in [1.54, 1.807) is 4.90 Å². The van der Waals surface area contributed by atoms with Crippen LogP contribution < -0.4 is 5.73 Å². The minimum atomic E-state index is -0.445. The van der Waals surface area contributed by atoms with Gasteiger partial charge in [-0.3, -0.25) is 4.79 Å². The van der Waals surface area contributed by atoms with Gasteiger partial charge in [0.05, 0.1) is 12.1 Å². The molecule has 1 aromatic rings. The van der Waals surface area contributed by atoms with E-state index in [1.165, 1.54) is 18.2 Å². The molecule has 0 saturated carbocycles. The molecule has 1 amide bonds. The average molecular weight is 292 g/mol. The number of carbonyl (C=O) groups excluding carboxylic acids is 1. The number of hydrogen-bond donors (Lipinski definition) is 2. The molecule has 0 aliphatic rings. The third-order valence-electron chi connectivity index (χ3n) is 2.98. The van der Waals surface area contributed by atoms with Crippen LogP contribution in [0.1, 0.15) is 36.2 Å². The highest BCUT2D eigenvalue weighted by atomic mass is 19.1. The van der Waals surface area contributed by atoms with E-state index in [-0.39, 0.29) is 25.1 Å². The summed E-state index contributed by atoms with van der Waals surface area (Å²) in [7, 11) is 0. The van der Waals surface area contributed by atoms with Crippen molar-refractivity contribution in [1.29, 1.82) is 0 Å². The Kier molecular flexibility index (Phi) is 6.86. The number of amides is 1. The molecule has 5 heteroatoms.